The fourth-order valence-corrected chi connectivity index (χ4v) is 3.27. The van der Waals surface area contributed by atoms with Gasteiger partial charge < -0.3 is 5.32 Å². The Kier molecular flexibility index (Phi) is 1.79. The van der Waals surface area contributed by atoms with Crippen LogP contribution in [0.15, 0.2) is 52.4 Å². The summed E-state index contributed by atoms with van der Waals surface area (Å²) < 4.78 is 24.4. The van der Waals surface area contributed by atoms with Crippen molar-refractivity contribution < 1.29 is 8.42 Å². The summed E-state index contributed by atoms with van der Waals surface area (Å²) in [7, 11) is -3.43. The Morgan fingerprint density at radius 2 is 1.75 bits per heavy atom. The standard InChI is InChI=1S/C11H8N2O2S/c14-16(15)9-5-2-1-4-8(9)13-11-10(16)6-3-7-12-11/h1-7H,(H,12,13). The van der Waals surface area contributed by atoms with E-state index in [-0.39, 0.29) is 4.90 Å². The molecule has 1 N–H and O–H groups in total. The molecule has 4 nitrogen and oxygen atoms in total. The molecule has 0 radical (unpaired) electrons. The first-order valence-corrected chi connectivity index (χ1v) is 6.24. The molecule has 16 heavy (non-hydrogen) atoms. The van der Waals surface area contributed by atoms with Crippen LogP contribution in [-0.2, 0) is 9.84 Å². The molecule has 0 amide bonds. The molecule has 0 saturated heterocycles. The van der Waals surface area contributed by atoms with Gasteiger partial charge in [0.1, 0.15) is 10.7 Å². The average Bonchev–Trinajstić information content (AvgIpc) is 2.29. The van der Waals surface area contributed by atoms with Crippen LogP contribution in [0.4, 0.5) is 11.5 Å². The molecule has 0 fully saturated rings. The van der Waals surface area contributed by atoms with Crippen molar-refractivity contribution in [2.45, 2.75) is 9.79 Å². The minimum atomic E-state index is -3.43. The van der Waals surface area contributed by atoms with Crippen LogP contribution in [0.2, 0.25) is 0 Å². The molecule has 1 aromatic carbocycles. The van der Waals surface area contributed by atoms with E-state index in [1.807, 2.05) is 0 Å². The van der Waals surface area contributed by atoms with E-state index < -0.39 is 9.84 Å². The quantitative estimate of drug-likeness (QED) is 0.643. The molecule has 0 unspecified atom stereocenters. The van der Waals surface area contributed by atoms with Crippen LogP contribution in [0.3, 0.4) is 0 Å². The Hall–Kier alpha value is -1.88. The predicted octanol–water partition coefficient (Wildman–Crippen LogP) is 1.97. The van der Waals surface area contributed by atoms with Gasteiger partial charge in [0.2, 0.25) is 9.84 Å². The second-order valence-corrected chi connectivity index (χ2v) is 5.36. The van der Waals surface area contributed by atoms with E-state index in [1.165, 1.54) is 0 Å². The molecule has 2 aromatic rings. The van der Waals surface area contributed by atoms with Gasteiger partial charge in [-0.2, -0.15) is 0 Å². The van der Waals surface area contributed by atoms with E-state index in [1.54, 1.807) is 42.6 Å². The predicted molar refractivity (Wildman–Crippen MR) is 59.4 cm³/mol. The Balaban J connectivity index is 2.37. The minimum absolute atomic E-state index is 0.230. The number of fused-ring (bicyclic) bond motifs is 2. The lowest BCUT2D eigenvalue weighted by Crippen LogP contribution is -2.14. The lowest BCUT2D eigenvalue weighted by molar-refractivity contribution is 0.595. The van der Waals surface area contributed by atoms with Gasteiger partial charge in [-0.15, -0.1) is 0 Å². The molecule has 5 heteroatoms. The van der Waals surface area contributed by atoms with Crippen molar-refractivity contribution in [3.05, 3.63) is 42.6 Å². The third-order valence-corrected chi connectivity index (χ3v) is 4.33. The summed E-state index contributed by atoms with van der Waals surface area (Å²) >= 11 is 0. The zero-order valence-electron chi connectivity index (χ0n) is 8.21. The lowest BCUT2D eigenvalue weighted by atomic mass is 10.3. The Bertz CT molecular complexity index is 614. The molecule has 1 aliphatic heterocycles. The molecule has 80 valence electrons. The van der Waals surface area contributed by atoms with Crippen molar-refractivity contribution in [3.63, 3.8) is 0 Å². The molecule has 3 rings (SSSR count). The third kappa shape index (κ3) is 1.15. The molecular weight excluding hydrogens is 224 g/mol. The van der Waals surface area contributed by atoms with Gasteiger partial charge in [-0.05, 0) is 24.3 Å². The smallest absolute Gasteiger partial charge is 0.212 e. The van der Waals surface area contributed by atoms with E-state index in [0.717, 1.165) is 0 Å². The number of para-hydroxylation sites is 1. The highest BCUT2D eigenvalue weighted by Crippen LogP contribution is 2.37. The van der Waals surface area contributed by atoms with Gasteiger partial charge in [0.05, 0.1) is 10.6 Å². The van der Waals surface area contributed by atoms with E-state index in [4.69, 9.17) is 0 Å². The van der Waals surface area contributed by atoms with Crippen LogP contribution in [0, 0.1) is 0 Å². The van der Waals surface area contributed by atoms with Gasteiger partial charge in [-0.25, -0.2) is 13.4 Å². The van der Waals surface area contributed by atoms with Gasteiger partial charge in [0, 0.05) is 6.20 Å². The SMILES string of the molecule is O=S1(=O)c2ccccc2Nc2ncccc21. The minimum Gasteiger partial charge on any atom is -0.338 e. The van der Waals surface area contributed by atoms with E-state index in [9.17, 15) is 8.42 Å². The zero-order valence-corrected chi connectivity index (χ0v) is 9.03. The summed E-state index contributed by atoms with van der Waals surface area (Å²) in [5.74, 6) is 0.390. The van der Waals surface area contributed by atoms with Crippen molar-refractivity contribution in [1.29, 1.82) is 0 Å². The maximum Gasteiger partial charge on any atom is 0.212 e. The second-order valence-electron chi connectivity index (χ2n) is 3.47. The molecular formula is C11H8N2O2S. The summed E-state index contributed by atoms with van der Waals surface area (Å²) in [6.07, 6.45) is 1.56. The van der Waals surface area contributed by atoms with Crippen LogP contribution in [0.1, 0.15) is 0 Å². The van der Waals surface area contributed by atoms with Gasteiger partial charge in [0.25, 0.3) is 0 Å². The number of hydrogen-bond acceptors (Lipinski definition) is 4. The van der Waals surface area contributed by atoms with Gasteiger partial charge >= 0.3 is 0 Å². The number of nitrogens with zero attached hydrogens (tertiary/aromatic N) is 1. The van der Waals surface area contributed by atoms with Crippen molar-refractivity contribution in [3.8, 4) is 0 Å². The molecule has 2 heterocycles. The molecule has 0 saturated carbocycles. The fourth-order valence-electron chi connectivity index (χ4n) is 1.75. The van der Waals surface area contributed by atoms with Gasteiger partial charge in [-0.3, -0.25) is 0 Å². The zero-order chi connectivity index (χ0) is 11.2. The number of rotatable bonds is 0. The van der Waals surface area contributed by atoms with Crippen molar-refractivity contribution in [2.75, 3.05) is 5.32 Å². The highest BCUT2D eigenvalue weighted by Gasteiger charge is 2.29. The number of sulfone groups is 1. The normalized spacial score (nSPS) is 15.8. The maximum absolute atomic E-state index is 12.2. The fraction of sp³-hybridized carbons (Fsp3) is 0. The van der Waals surface area contributed by atoms with Crippen LogP contribution in [0.5, 0.6) is 0 Å². The van der Waals surface area contributed by atoms with Crippen molar-refractivity contribution >= 4 is 21.3 Å². The van der Waals surface area contributed by atoms with Crippen molar-refractivity contribution in [1.82, 2.24) is 4.98 Å². The van der Waals surface area contributed by atoms with Crippen LogP contribution >= 0.6 is 0 Å². The number of pyridine rings is 1. The first-order valence-electron chi connectivity index (χ1n) is 4.76. The van der Waals surface area contributed by atoms with Gasteiger partial charge in [-0.1, -0.05) is 12.1 Å². The molecule has 0 bridgehead atoms. The van der Waals surface area contributed by atoms with E-state index in [2.05, 4.69) is 10.3 Å². The lowest BCUT2D eigenvalue weighted by Gasteiger charge is -2.19. The summed E-state index contributed by atoms with van der Waals surface area (Å²) in [4.78, 5) is 4.56. The second kappa shape index (κ2) is 3.05. The summed E-state index contributed by atoms with van der Waals surface area (Å²) in [5.41, 5.74) is 0.578. The molecule has 1 aromatic heterocycles. The summed E-state index contributed by atoms with van der Waals surface area (Å²) in [6.45, 7) is 0. The first-order chi connectivity index (χ1) is 7.69. The number of hydrogen-bond donors (Lipinski definition) is 1. The average molecular weight is 232 g/mol. The summed E-state index contributed by atoms with van der Waals surface area (Å²) in [5, 5.41) is 3.01. The molecule has 0 atom stereocenters. The first kappa shape index (κ1) is 9.35. The molecule has 0 spiro atoms. The Labute approximate surface area is 92.9 Å². The number of nitrogens with one attached hydrogen (secondary N) is 1. The third-order valence-electron chi connectivity index (χ3n) is 2.49. The highest BCUT2D eigenvalue weighted by atomic mass is 32.2. The molecule has 1 aliphatic rings. The van der Waals surface area contributed by atoms with E-state index >= 15 is 0 Å². The van der Waals surface area contributed by atoms with Crippen LogP contribution in [-0.4, -0.2) is 13.4 Å². The number of anilines is 2. The number of benzene rings is 1. The topological polar surface area (TPSA) is 59.1 Å². The Morgan fingerprint density at radius 1 is 1.00 bits per heavy atom. The monoisotopic (exact) mass is 232 g/mol. The largest absolute Gasteiger partial charge is 0.338 e. The van der Waals surface area contributed by atoms with Gasteiger partial charge in [0.15, 0.2) is 0 Å². The van der Waals surface area contributed by atoms with Crippen molar-refractivity contribution in [2.24, 2.45) is 0 Å². The van der Waals surface area contributed by atoms with E-state index in [0.29, 0.717) is 16.4 Å². The highest BCUT2D eigenvalue weighted by molar-refractivity contribution is 7.92. The maximum atomic E-state index is 12.2. The van der Waals surface area contributed by atoms with Crippen LogP contribution < -0.4 is 5.32 Å². The van der Waals surface area contributed by atoms with Crippen LogP contribution in [0.25, 0.3) is 0 Å². The Morgan fingerprint density at radius 3 is 2.62 bits per heavy atom. The number of aromatic nitrogens is 1. The summed E-state index contributed by atoms with van der Waals surface area (Å²) in [6, 6.07) is 9.99. The molecule has 0 aliphatic carbocycles.